The van der Waals surface area contributed by atoms with E-state index in [9.17, 15) is 0 Å². The number of pyridine rings is 1. The largest absolute Gasteiger partial charge is 0.327 e. The fourth-order valence-corrected chi connectivity index (χ4v) is 3.50. The number of hydrogen-bond acceptors (Lipinski definition) is 3. The Balaban J connectivity index is 1.59. The van der Waals surface area contributed by atoms with Crippen LogP contribution < -0.4 is 0 Å². The van der Waals surface area contributed by atoms with Crippen molar-refractivity contribution in [3.63, 3.8) is 0 Å². The van der Waals surface area contributed by atoms with Gasteiger partial charge in [-0.3, -0.25) is 0 Å². The Morgan fingerprint density at radius 2 is 1.81 bits per heavy atom. The summed E-state index contributed by atoms with van der Waals surface area (Å²) in [6.07, 6.45) is 10.5. The van der Waals surface area contributed by atoms with Crippen molar-refractivity contribution >= 4 is 11.0 Å². The zero-order chi connectivity index (χ0) is 17.5. The van der Waals surface area contributed by atoms with Crippen LogP contribution in [0.25, 0.3) is 22.4 Å². The first kappa shape index (κ1) is 15.3. The topological polar surface area (TPSA) is 43.6 Å². The molecule has 0 unspecified atom stereocenters. The van der Waals surface area contributed by atoms with Crippen LogP contribution >= 0.6 is 0 Å². The van der Waals surface area contributed by atoms with Gasteiger partial charge in [0.25, 0.3) is 0 Å². The molecule has 0 radical (unpaired) electrons. The SMILES string of the molecule is Cc1ccccc1Cn1cc(-c2ncc(C3CC3)cn2)c2cccnc21. The van der Waals surface area contributed by atoms with Gasteiger partial charge in [-0.05, 0) is 54.5 Å². The lowest BCUT2D eigenvalue weighted by Gasteiger charge is -2.07. The first-order chi connectivity index (χ1) is 12.8. The Morgan fingerprint density at radius 1 is 1.00 bits per heavy atom. The Bertz CT molecular complexity index is 1070. The molecule has 1 aliphatic carbocycles. The summed E-state index contributed by atoms with van der Waals surface area (Å²) in [5.41, 5.74) is 5.86. The zero-order valence-electron chi connectivity index (χ0n) is 14.8. The van der Waals surface area contributed by atoms with Gasteiger partial charge in [-0.1, -0.05) is 24.3 Å². The first-order valence-corrected chi connectivity index (χ1v) is 9.10. The fraction of sp³-hybridized carbons (Fsp3) is 0.227. The molecule has 4 nitrogen and oxygen atoms in total. The van der Waals surface area contributed by atoms with Crippen LogP contribution in [0.4, 0.5) is 0 Å². The van der Waals surface area contributed by atoms with Crippen molar-refractivity contribution in [2.75, 3.05) is 0 Å². The van der Waals surface area contributed by atoms with E-state index in [1.54, 1.807) is 0 Å². The van der Waals surface area contributed by atoms with Crippen molar-refractivity contribution in [1.82, 2.24) is 19.5 Å². The van der Waals surface area contributed by atoms with E-state index in [-0.39, 0.29) is 0 Å². The van der Waals surface area contributed by atoms with Crippen molar-refractivity contribution in [3.8, 4) is 11.4 Å². The molecule has 0 saturated heterocycles. The second kappa shape index (κ2) is 6.06. The highest BCUT2D eigenvalue weighted by Gasteiger charge is 2.24. The normalized spacial score (nSPS) is 14.0. The van der Waals surface area contributed by atoms with Crippen molar-refractivity contribution in [2.45, 2.75) is 32.2 Å². The third-order valence-electron chi connectivity index (χ3n) is 5.20. The van der Waals surface area contributed by atoms with Gasteiger partial charge in [-0.15, -0.1) is 0 Å². The van der Waals surface area contributed by atoms with Crippen molar-refractivity contribution in [1.29, 1.82) is 0 Å². The third-order valence-corrected chi connectivity index (χ3v) is 5.20. The van der Waals surface area contributed by atoms with Crippen LogP contribution in [0.3, 0.4) is 0 Å². The Hall–Kier alpha value is -3.01. The predicted octanol–water partition coefficient (Wildman–Crippen LogP) is 4.73. The van der Waals surface area contributed by atoms with Gasteiger partial charge in [0.1, 0.15) is 5.65 Å². The summed E-state index contributed by atoms with van der Waals surface area (Å²) in [5, 5.41) is 1.10. The molecule has 1 aromatic carbocycles. The molecule has 1 saturated carbocycles. The Morgan fingerprint density at radius 3 is 2.58 bits per heavy atom. The molecule has 0 amide bonds. The van der Waals surface area contributed by atoms with Crippen LogP contribution in [0, 0.1) is 6.92 Å². The summed E-state index contributed by atoms with van der Waals surface area (Å²) in [6.45, 7) is 2.94. The zero-order valence-corrected chi connectivity index (χ0v) is 14.8. The van der Waals surface area contributed by atoms with Gasteiger partial charge in [0, 0.05) is 42.3 Å². The smallest absolute Gasteiger partial charge is 0.161 e. The fourth-order valence-electron chi connectivity index (χ4n) is 3.50. The summed E-state index contributed by atoms with van der Waals surface area (Å²) in [5.74, 6) is 1.45. The molecule has 0 atom stereocenters. The molecule has 0 bridgehead atoms. The molecule has 26 heavy (non-hydrogen) atoms. The van der Waals surface area contributed by atoms with Crippen molar-refractivity contribution < 1.29 is 0 Å². The highest BCUT2D eigenvalue weighted by Crippen LogP contribution is 2.39. The minimum Gasteiger partial charge on any atom is -0.327 e. The quantitative estimate of drug-likeness (QED) is 0.539. The summed E-state index contributed by atoms with van der Waals surface area (Å²) in [7, 11) is 0. The van der Waals surface area contributed by atoms with Crippen molar-refractivity contribution in [3.05, 3.63) is 77.9 Å². The molecule has 3 heterocycles. The second-order valence-corrected chi connectivity index (χ2v) is 7.09. The number of nitrogens with zero attached hydrogens (tertiary/aromatic N) is 4. The minimum atomic E-state index is 0.674. The van der Waals surface area contributed by atoms with Gasteiger partial charge < -0.3 is 4.57 Å². The number of fused-ring (bicyclic) bond motifs is 1. The number of rotatable bonds is 4. The number of aryl methyl sites for hydroxylation is 1. The average Bonchev–Trinajstić information content (AvgIpc) is 3.47. The van der Waals surface area contributed by atoms with Crippen LogP contribution in [0.1, 0.15) is 35.4 Å². The summed E-state index contributed by atoms with van der Waals surface area (Å²) < 4.78 is 2.20. The molecule has 1 fully saturated rings. The molecule has 0 aliphatic heterocycles. The predicted molar refractivity (Wildman–Crippen MR) is 103 cm³/mol. The number of aromatic nitrogens is 4. The van der Waals surface area contributed by atoms with Crippen LogP contribution in [0.2, 0.25) is 0 Å². The van der Waals surface area contributed by atoms with E-state index in [1.165, 1.54) is 29.5 Å². The third kappa shape index (κ3) is 2.68. The second-order valence-electron chi connectivity index (χ2n) is 7.09. The van der Waals surface area contributed by atoms with Crippen LogP contribution in [-0.2, 0) is 6.54 Å². The lowest BCUT2D eigenvalue weighted by molar-refractivity contribution is 0.819. The first-order valence-electron chi connectivity index (χ1n) is 9.10. The maximum atomic E-state index is 4.65. The molecule has 4 aromatic rings. The van der Waals surface area contributed by atoms with E-state index in [1.807, 2.05) is 24.7 Å². The van der Waals surface area contributed by atoms with Gasteiger partial charge in [0.05, 0.1) is 0 Å². The van der Waals surface area contributed by atoms with Gasteiger partial charge >= 0.3 is 0 Å². The Kier molecular flexibility index (Phi) is 3.56. The highest BCUT2D eigenvalue weighted by molar-refractivity contribution is 5.92. The molecule has 0 spiro atoms. The van der Waals surface area contributed by atoms with E-state index in [0.29, 0.717) is 5.92 Å². The molecular formula is C22H20N4. The molecule has 128 valence electrons. The van der Waals surface area contributed by atoms with E-state index < -0.39 is 0 Å². The van der Waals surface area contributed by atoms with Gasteiger partial charge in [0.15, 0.2) is 5.82 Å². The van der Waals surface area contributed by atoms with E-state index >= 15 is 0 Å². The monoisotopic (exact) mass is 340 g/mol. The average molecular weight is 340 g/mol. The Labute approximate surface area is 152 Å². The number of benzene rings is 1. The summed E-state index contributed by atoms with van der Waals surface area (Å²) in [4.78, 5) is 13.9. The van der Waals surface area contributed by atoms with E-state index in [4.69, 9.17) is 0 Å². The molecule has 3 aromatic heterocycles. The lowest BCUT2D eigenvalue weighted by Crippen LogP contribution is -2.00. The molecule has 5 rings (SSSR count). The lowest BCUT2D eigenvalue weighted by atomic mass is 10.1. The van der Waals surface area contributed by atoms with Crippen molar-refractivity contribution in [2.24, 2.45) is 0 Å². The van der Waals surface area contributed by atoms with Gasteiger partial charge in [0.2, 0.25) is 0 Å². The van der Waals surface area contributed by atoms with Crippen LogP contribution in [0.15, 0.2) is 61.2 Å². The van der Waals surface area contributed by atoms with Crippen LogP contribution in [-0.4, -0.2) is 19.5 Å². The summed E-state index contributed by atoms with van der Waals surface area (Å²) >= 11 is 0. The maximum Gasteiger partial charge on any atom is 0.161 e. The highest BCUT2D eigenvalue weighted by atomic mass is 15.0. The van der Waals surface area contributed by atoms with Gasteiger partial charge in [-0.2, -0.15) is 0 Å². The molecule has 0 N–H and O–H groups in total. The minimum absolute atomic E-state index is 0.674. The molecule has 4 heteroatoms. The number of hydrogen-bond donors (Lipinski definition) is 0. The maximum absolute atomic E-state index is 4.65. The van der Waals surface area contributed by atoms with Crippen LogP contribution in [0.5, 0.6) is 0 Å². The van der Waals surface area contributed by atoms with E-state index in [2.05, 4.69) is 63.0 Å². The molecular weight excluding hydrogens is 320 g/mol. The standard InChI is InChI=1S/C22H20N4/c1-15-5-2-3-6-17(15)13-26-14-20(19-7-4-10-23-22(19)26)21-24-11-18(12-25-21)16-8-9-16/h2-7,10-12,14,16H,8-9,13H2,1H3. The summed E-state index contributed by atoms with van der Waals surface area (Å²) in [6, 6.07) is 12.6. The van der Waals surface area contributed by atoms with E-state index in [0.717, 1.165) is 29.0 Å². The van der Waals surface area contributed by atoms with Gasteiger partial charge in [-0.25, -0.2) is 15.0 Å². The molecule has 1 aliphatic rings.